The first-order valence-corrected chi connectivity index (χ1v) is 5.92. The first-order chi connectivity index (χ1) is 8.29. The summed E-state index contributed by atoms with van der Waals surface area (Å²) < 4.78 is 5.67. The lowest BCUT2D eigenvalue weighted by molar-refractivity contribution is 0.306. The molecule has 0 aliphatic heterocycles. The lowest BCUT2D eigenvalue weighted by Crippen LogP contribution is -1.96. The van der Waals surface area contributed by atoms with Crippen LogP contribution < -0.4 is 4.74 Å². The average Bonchev–Trinajstić information content (AvgIpc) is 2.38. The lowest BCUT2D eigenvalue weighted by atomic mass is 10.2. The van der Waals surface area contributed by atoms with E-state index in [1.165, 1.54) is 0 Å². The molecule has 0 aromatic heterocycles. The summed E-state index contributed by atoms with van der Waals surface area (Å²) in [5.41, 5.74) is 2.24. The second-order valence-corrected chi connectivity index (χ2v) is 4.20. The number of hydrogen-bond acceptors (Lipinski definition) is 1. The van der Waals surface area contributed by atoms with E-state index in [4.69, 9.17) is 16.3 Å². The highest BCUT2D eigenvalue weighted by atomic mass is 35.5. The highest BCUT2D eigenvalue weighted by Crippen LogP contribution is 2.26. The Balaban J connectivity index is 2.04. The van der Waals surface area contributed by atoms with E-state index < -0.39 is 0 Å². The third kappa shape index (κ3) is 3.24. The van der Waals surface area contributed by atoms with Gasteiger partial charge in [0, 0.05) is 0 Å². The second-order valence-electron chi connectivity index (χ2n) is 3.79. The fraction of sp³-hybridized carbons (Fsp3) is 0.133. The van der Waals surface area contributed by atoms with Crippen LogP contribution in [0.1, 0.15) is 11.1 Å². The minimum absolute atomic E-state index is 0.532. The summed E-state index contributed by atoms with van der Waals surface area (Å²) in [7, 11) is 0. The van der Waals surface area contributed by atoms with E-state index >= 15 is 0 Å². The van der Waals surface area contributed by atoms with Crippen molar-refractivity contribution >= 4 is 11.6 Å². The van der Waals surface area contributed by atoms with E-state index in [0.29, 0.717) is 17.4 Å². The molecule has 0 aliphatic rings. The maximum atomic E-state index is 6.12. The summed E-state index contributed by atoms with van der Waals surface area (Å²) in [5.74, 6) is 0.715. The molecule has 0 fully saturated rings. The van der Waals surface area contributed by atoms with E-state index in [1.807, 2.05) is 48.5 Å². The van der Waals surface area contributed by atoms with Crippen LogP contribution in [0.5, 0.6) is 5.75 Å². The molecule has 0 aliphatic carbocycles. The van der Waals surface area contributed by atoms with Gasteiger partial charge < -0.3 is 4.74 Å². The van der Waals surface area contributed by atoms with Crippen molar-refractivity contribution in [1.82, 2.24) is 0 Å². The van der Waals surface area contributed by atoms with Crippen LogP contribution >= 0.6 is 11.6 Å². The van der Waals surface area contributed by atoms with Gasteiger partial charge >= 0.3 is 0 Å². The monoisotopic (exact) mass is 245 g/mol. The predicted molar refractivity (Wildman–Crippen MR) is 71.3 cm³/mol. The Labute approximate surface area is 107 Å². The summed E-state index contributed by atoms with van der Waals surface area (Å²) >= 11 is 6.12. The average molecular weight is 246 g/mol. The quantitative estimate of drug-likeness (QED) is 0.781. The molecule has 17 heavy (non-hydrogen) atoms. The largest absolute Gasteiger partial charge is 0.487 e. The molecular weight excluding hydrogens is 232 g/mol. The standard InChI is InChI=1S/C15H14ClO/c1-2-12-8-9-15(14(16)10-12)17-11-13-6-4-3-5-7-13/h3-10H,1-2,11H2. The zero-order valence-electron chi connectivity index (χ0n) is 9.53. The molecule has 0 amide bonds. The van der Waals surface area contributed by atoms with Crippen molar-refractivity contribution in [3.63, 3.8) is 0 Å². The van der Waals surface area contributed by atoms with E-state index in [-0.39, 0.29) is 0 Å². The molecule has 0 saturated heterocycles. The van der Waals surface area contributed by atoms with Gasteiger partial charge in [-0.3, -0.25) is 0 Å². The van der Waals surface area contributed by atoms with Crippen molar-refractivity contribution in [1.29, 1.82) is 0 Å². The molecule has 0 spiro atoms. The highest BCUT2D eigenvalue weighted by Gasteiger charge is 2.02. The molecule has 0 saturated carbocycles. The van der Waals surface area contributed by atoms with E-state index in [9.17, 15) is 0 Å². The summed E-state index contributed by atoms with van der Waals surface area (Å²) in [6.45, 7) is 4.35. The maximum Gasteiger partial charge on any atom is 0.138 e. The van der Waals surface area contributed by atoms with Gasteiger partial charge in [-0.25, -0.2) is 0 Å². The minimum atomic E-state index is 0.532. The van der Waals surface area contributed by atoms with Gasteiger partial charge in [0.1, 0.15) is 12.4 Å². The van der Waals surface area contributed by atoms with Gasteiger partial charge in [0.05, 0.1) is 5.02 Å². The smallest absolute Gasteiger partial charge is 0.138 e. The van der Waals surface area contributed by atoms with Gasteiger partial charge in [0.15, 0.2) is 0 Å². The lowest BCUT2D eigenvalue weighted by Gasteiger charge is -2.09. The molecule has 2 aromatic carbocycles. The number of hydrogen-bond donors (Lipinski definition) is 0. The summed E-state index contributed by atoms with van der Waals surface area (Å²) in [4.78, 5) is 0. The van der Waals surface area contributed by atoms with Crippen molar-refractivity contribution in [3.8, 4) is 5.75 Å². The summed E-state index contributed by atoms with van der Waals surface area (Å²) in [5, 5.41) is 0.641. The van der Waals surface area contributed by atoms with Gasteiger partial charge in [0.2, 0.25) is 0 Å². The Morgan fingerprint density at radius 2 is 1.76 bits per heavy atom. The van der Waals surface area contributed by atoms with Crippen molar-refractivity contribution in [2.75, 3.05) is 0 Å². The zero-order valence-corrected chi connectivity index (χ0v) is 10.3. The van der Waals surface area contributed by atoms with Crippen molar-refractivity contribution < 1.29 is 4.74 Å². The summed E-state index contributed by atoms with van der Waals surface area (Å²) in [6.07, 6.45) is 0.735. The maximum absolute atomic E-state index is 6.12. The molecule has 0 heterocycles. The van der Waals surface area contributed by atoms with Crippen LogP contribution in [0.25, 0.3) is 0 Å². The van der Waals surface area contributed by atoms with Crippen LogP contribution in [-0.4, -0.2) is 0 Å². The van der Waals surface area contributed by atoms with E-state index in [0.717, 1.165) is 17.5 Å². The minimum Gasteiger partial charge on any atom is -0.487 e. The fourth-order valence-electron chi connectivity index (χ4n) is 1.55. The first-order valence-electron chi connectivity index (χ1n) is 5.54. The number of ether oxygens (including phenoxy) is 1. The molecule has 2 rings (SSSR count). The zero-order chi connectivity index (χ0) is 12.1. The van der Waals surface area contributed by atoms with Crippen LogP contribution in [0, 0.1) is 6.92 Å². The van der Waals surface area contributed by atoms with Crippen LogP contribution in [0.4, 0.5) is 0 Å². The SMILES string of the molecule is [CH2]Cc1ccc(OCc2ccccc2)c(Cl)c1. The van der Waals surface area contributed by atoms with Crippen LogP contribution in [0.2, 0.25) is 5.02 Å². The third-order valence-electron chi connectivity index (χ3n) is 2.52. The van der Waals surface area contributed by atoms with Gasteiger partial charge in [0.25, 0.3) is 0 Å². The van der Waals surface area contributed by atoms with E-state index in [2.05, 4.69) is 6.92 Å². The highest BCUT2D eigenvalue weighted by molar-refractivity contribution is 6.32. The van der Waals surface area contributed by atoms with Gasteiger partial charge in [-0.1, -0.05) is 48.0 Å². The predicted octanol–water partition coefficient (Wildman–Crippen LogP) is 4.30. The normalized spacial score (nSPS) is 10.2. The topological polar surface area (TPSA) is 9.23 Å². The molecule has 0 unspecified atom stereocenters. The molecule has 0 bridgehead atoms. The van der Waals surface area contributed by atoms with Gasteiger partial charge in [-0.05, 0) is 36.6 Å². The number of halogens is 1. The molecule has 2 aromatic rings. The third-order valence-corrected chi connectivity index (χ3v) is 2.82. The van der Waals surface area contributed by atoms with Gasteiger partial charge in [-0.15, -0.1) is 0 Å². The molecule has 87 valence electrons. The number of benzene rings is 2. The van der Waals surface area contributed by atoms with Crippen molar-refractivity contribution in [2.45, 2.75) is 13.0 Å². The fourth-order valence-corrected chi connectivity index (χ4v) is 1.81. The first kappa shape index (κ1) is 12.0. The van der Waals surface area contributed by atoms with Crippen molar-refractivity contribution in [2.24, 2.45) is 0 Å². The molecule has 1 nitrogen and oxygen atoms in total. The molecular formula is C15H14ClO. The molecule has 0 atom stereocenters. The Hall–Kier alpha value is -1.47. The number of rotatable bonds is 4. The van der Waals surface area contributed by atoms with Crippen LogP contribution in [-0.2, 0) is 13.0 Å². The van der Waals surface area contributed by atoms with Crippen molar-refractivity contribution in [3.05, 3.63) is 71.6 Å². The summed E-state index contributed by atoms with van der Waals surface area (Å²) in [6, 6.07) is 15.8. The van der Waals surface area contributed by atoms with Gasteiger partial charge in [-0.2, -0.15) is 0 Å². The molecule has 2 heteroatoms. The molecule has 1 radical (unpaired) electrons. The molecule has 0 N–H and O–H groups in total. The Morgan fingerprint density at radius 1 is 1.00 bits per heavy atom. The Bertz CT molecular complexity index is 480. The van der Waals surface area contributed by atoms with Crippen LogP contribution in [0.3, 0.4) is 0 Å². The second kappa shape index (κ2) is 5.74. The Morgan fingerprint density at radius 3 is 2.41 bits per heavy atom. The van der Waals surface area contributed by atoms with E-state index in [1.54, 1.807) is 0 Å². The van der Waals surface area contributed by atoms with Crippen LogP contribution in [0.15, 0.2) is 48.5 Å². The Kier molecular flexibility index (Phi) is 4.05.